The fourth-order valence-electron chi connectivity index (χ4n) is 3.80. The molecule has 180 valence electrons. The number of nitrogens with zero attached hydrogens (tertiary/aromatic N) is 2. The highest BCUT2D eigenvalue weighted by Crippen LogP contribution is 2.26. The summed E-state index contributed by atoms with van der Waals surface area (Å²) in [5.74, 6) is 0.717. The van der Waals surface area contributed by atoms with Crippen molar-refractivity contribution in [1.82, 2.24) is 4.90 Å². The second kappa shape index (κ2) is 12.1. The summed E-state index contributed by atoms with van der Waals surface area (Å²) < 4.78 is 10.9. The summed E-state index contributed by atoms with van der Waals surface area (Å²) in [6, 6.07) is 16.7. The molecule has 1 aliphatic heterocycles. The summed E-state index contributed by atoms with van der Waals surface area (Å²) in [6.45, 7) is 2.05. The Labute approximate surface area is 213 Å². The van der Waals surface area contributed by atoms with Crippen molar-refractivity contribution in [2.75, 3.05) is 19.7 Å². The predicted molar refractivity (Wildman–Crippen MR) is 134 cm³/mol. The minimum atomic E-state index is -0.689. The third kappa shape index (κ3) is 7.22. The molecule has 1 aliphatic rings. The summed E-state index contributed by atoms with van der Waals surface area (Å²) in [5.41, 5.74) is 2.73. The third-order valence-electron chi connectivity index (χ3n) is 5.35. The van der Waals surface area contributed by atoms with Gasteiger partial charge in [0.2, 0.25) is 0 Å². The summed E-state index contributed by atoms with van der Waals surface area (Å²) >= 11 is 18.4. The zero-order chi connectivity index (χ0) is 23.9. The van der Waals surface area contributed by atoms with Crippen LogP contribution in [-0.4, -0.2) is 47.6 Å². The van der Waals surface area contributed by atoms with Crippen molar-refractivity contribution in [2.24, 2.45) is 5.16 Å². The van der Waals surface area contributed by atoms with E-state index in [1.807, 2.05) is 36.4 Å². The van der Waals surface area contributed by atoms with Gasteiger partial charge in [-0.1, -0.05) is 58.2 Å². The van der Waals surface area contributed by atoms with E-state index in [9.17, 15) is 5.11 Å². The van der Waals surface area contributed by atoms with E-state index in [1.54, 1.807) is 24.5 Å². The molecule has 3 aromatic rings. The molecule has 6 nitrogen and oxygen atoms in total. The Kier molecular flexibility index (Phi) is 8.89. The number of hydrogen-bond donors (Lipinski definition) is 1. The molecule has 1 N–H and O–H groups in total. The van der Waals surface area contributed by atoms with E-state index >= 15 is 0 Å². The van der Waals surface area contributed by atoms with Gasteiger partial charge in [0.05, 0.1) is 34.7 Å². The molecule has 34 heavy (non-hydrogen) atoms. The monoisotopic (exact) mass is 522 g/mol. The van der Waals surface area contributed by atoms with Crippen molar-refractivity contribution < 1.29 is 19.1 Å². The standard InChI is InChI=1S/C25H25Cl3N2O4/c26-19-4-1-3-17(9-19)12-30(13-20(31)15-32-16-21-5-2-8-33-21)14-22-11-25(29-34-22)18-6-7-23(27)24(28)10-18/h1-10,20,22,31H,11-16H2/t20-,22+/m1/s1. The van der Waals surface area contributed by atoms with Gasteiger partial charge in [0.15, 0.2) is 0 Å². The minimum Gasteiger partial charge on any atom is -0.467 e. The molecule has 0 aliphatic carbocycles. The lowest BCUT2D eigenvalue weighted by atomic mass is 10.0. The van der Waals surface area contributed by atoms with E-state index in [-0.39, 0.29) is 12.7 Å². The van der Waals surface area contributed by atoms with Gasteiger partial charge in [-0.15, -0.1) is 0 Å². The van der Waals surface area contributed by atoms with Crippen molar-refractivity contribution in [3.8, 4) is 0 Å². The lowest BCUT2D eigenvalue weighted by Gasteiger charge is -2.27. The first-order valence-corrected chi connectivity index (χ1v) is 12.0. The highest BCUT2D eigenvalue weighted by molar-refractivity contribution is 6.42. The molecule has 2 atom stereocenters. The minimum absolute atomic E-state index is 0.167. The van der Waals surface area contributed by atoms with Crippen LogP contribution in [0.15, 0.2) is 70.4 Å². The summed E-state index contributed by atoms with van der Waals surface area (Å²) in [7, 11) is 0. The fraction of sp³-hybridized carbons (Fsp3) is 0.320. The molecule has 0 radical (unpaired) electrons. The Morgan fingerprint density at radius 3 is 2.74 bits per heavy atom. The van der Waals surface area contributed by atoms with E-state index < -0.39 is 6.10 Å². The maximum Gasteiger partial charge on any atom is 0.145 e. The van der Waals surface area contributed by atoms with E-state index in [0.29, 0.717) is 53.5 Å². The molecule has 9 heteroatoms. The van der Waals surface area contributed by atoms with E-state index in [0.717, 1.165) is 16.8 Å². The van der Waals surface area contributed by atoms with Gasteiger partial charge in [-0.25, -0.2) is 0 Å². The third-order valence-corrected chi connectivity index (χ3v) is 6.32. The van der Waals surface area contributed by atoms with E-state index in [4.69, 9.17) is 48.8 Å². The van der Waals surface area contributed by atoms with Gasteiger partial charge >= 0.3 is 0 Å². The van der Waals surface area contributed by atoms with Gasteiger partial charge in [-0.05, 0) is 42.0 Å². The second-order valence-corrected chi connectivity index (χ2v) is 9.42. The molecule has 0 bridgehead atoms. The maximum atomic E-state index is 10.6. The molecular weight excluding hydrogens is 499 g/mol. The quantitative estimate of drug-likeness (QED) is 0.343. The normalized spacial score (nSPS) is 16.5. The highest BCUT2D eigenvalue weighted by Gasteiger charge is 2.26. The van der Waals surface area contributed by atoms with Crippen LogP contribution in [0.3, 0.4) is 0 Å². The molecule has 0 spiro atoms. The number of hydrogen-bond acceptors (Lipinski definition) is 6. The van der Waals surface area contributed by atoms with Crippen LogP contribution in [0.4, 0.5) is 0 Å². The fourth-order valence-corrected chi connectivity index (χ4v) is 4.31. The molecule has 2 aromatic carbocycles. The summed E-state index contributed by atoms with van der Waals surface area (Å²) in [6.07, 6.45) is 1.36. The topological polar surface area (TPSA) is 67.4 Å². The maximum absolute atomic E-state index is 10.6. The first-order chi connectivity index (χ1) is 16.5. The molecule has 2 heterocycles. The van der Waals surface area contributed by atoms with Crippen molar-refractivity contribution in [3.05, 3.63) is 92.8 Å². The number of ether oxygens (including phenoxy) is 1. The zero-order valence-electron chi connectivity index (χ0n) is 18.4. The van der Waals surface area contributed by atoms with Gasteiger partial charge in [0, 0.05) is 36.6 Å². The SMILES string of the molecule is O[C@@H](COCc1ccco1)CN(Cc1cccc(Cl)c1)C[C@@H]1CC(c2ccc(Cl)c(Cl)c2)=NO1. The Hall–Kier alpha value is -2.06. The molecule has 4 rings (SSSR count). The number of aliphatic hydroxyl groups is 1. The van der Waals surface area contributed by atoms with E-state index in [2.05, 4.69) is 10.1 Å². The first kappa shape index (κ1) is 25.0. The van der Waals surface area contributed by atoms with Gasteiger partial charge in [0.1, 0.15) is 18.5 Å². The van der Waals surface area contributed by atoms with Crippen LogP contribution >= 0.6 is 34.8 Å². The zero-order valence-corrected chi connectivity index (χ0v) is 20.6. The van der Waals surface area contributed by atoms with Gasteiger partial charge in [0.25, 0.3) is 0 Å². The molecule has 0 unspecified atom stereocenters. The average Bonchev–Trinajstić information content (AvgIpc) is 3.48. The molecule has 0 saturated heterocycles. The lowest BCUT2D eigenvalue weighted by Crippen LogP contribution is -2.39. The number of furan rings is 1. The smallest absolute Gasteiger partial charge is 0.145 e. The Bertz CT molecular complexity index is 1110. The van der Waals surface area contributed by atoms with Crippen molar-refractivity contribution in [1.29, 1.82) is 0 Å². The molecule has 0 amide bonds. The molecular formula is C25H25Cl3N2O4. The Morgan fingerprint density at radius 1 is 1.09 bits per heavy atom. The Balaban J connectivity index is 1.36. The van der Waals surface area contributed by atoms with Crippen molar-refractivity contribution >= 4 is 40.5 Å². The predicted octanol–water partition coefficient (Wildman–Crippen LogP) is 5.81. The van der Waals surface area contributed by atoms with Crippen LogP contribution < -0.4 is 0 Å². The van der Waals surface area contributed by atoms with Gasteiger partial charge in [-0.3, -0.25) is 4.90 Å². The van der Waals surface area contributed by atoms with Crippen LogP contribution in [0.5, 0.6) is 0 Å². The van der Waals surface area contributed by atoms with Gasteiger partial charge < -0.3 is 19.1 Å². The largest absolute Gasteiger partial charge is 0.467 e. The number of aliphatic hydroxyl groups excluding tert-OH is 1. The Morgan fingerprint density at radius 2 is 1.97 bits per heavy atom. The molecule has 0 fully saturated rings. The van der Waals surface area contributed by atoms with Crippen LogP contribution in [-0.2, 0) is 22.7 Å². The average molecular weight is 524 g/mol. The molecule has 0 saturated carbocycles. The van der Waals surface area contributed by atoms with Crippen LogP contribution in [0.25, 0.3) is 0 Å². The summed E-state index contributed by atoms with van der Waals surface area (Å²) in [4.78, 5) is 7.83. The second-order valence-electron chi connectivity index (χ2n) is 8.17. The molecule has 1 aromatic heterocycles. The lowest BCUT2D eigenvalue weighted by molar-refractivity contribution is -0.00955. The van der Waals surface area contributed by atoms with Crippen LogP contribution in [0.1, 0.15) is 23.3 Å². The van der Waals surface area contributed by atoms with Crippen LogP contribution in [0.2, 0.25) is 15.1 Å². The number of rotatable bonds is 11. The van der Waals surface area contributed by atoms with Crippen LogP contribution in [0, 0.1) is 0 Å². The van der Waals surface area contributed by atoms with E-state index in [1.165, 1.54) is 0 Å². The number of halogens is 3. The van der Waals surface area contributed by atoms with Gasteiger partial charge in [-0.2, -0.15) is 0 Å². The van der Waals surface area contributed by atoms with Crippen molar-refractivity contribution in [3.63, 3.8) is 0 Å². The highest BCUT2D eigenvalue weighted by atomic mass is 35.5. The summed E-state index contributed by atoms with van der Waals surface area (Å²) in [5, 5.41) is 16.5. The van der Waals surface area contributed by atoms with Crippen molar-refractivity contribution in [2.45, 2.75) is 31.8 Å². The number of oxime groups is 1. The first-order valence-electron chi connectivity index (χ1n) is 10.9. The number of benzene rings is 2.